The quantitative estimate of drug-likeness (QED) is 0.252. The molecule has 0 aliphatic rings. The molecule has 0 atom stereocenters. The van der Waals surface area contributed by atoms with E-state index >= 15 is 0 Å². The first-order valence-corrected chi connectivity index (χ1v) is 12.1. The summed E-state index contributed by atoms with van der Waals surface area (Å²) >= 11 is 2.83. The number of nitrogens with one attached hydrogen (secondary N) is 1. The summed E-state index contributed by atoms with van der Waals surface area (Å²) in [5, 5.41) is 12.9. The number of carbonyl (C=O) groups is 1. The van der Waals surface area contributed by atoms with E-state index in [2.05, 4.69) is 32.1 Å². The monoisotopic (exact) mass is 470 g/mol. The van der Waals surface area contributed by atoms with E-state index in [1.54, 1.807) is 6.08 Å². The van der Waals surface area contributed by atoms with Crippen LogP contribution in [0, 0.1) is 13.8 Å². The van der Waals surface area contributed by atoms with Crippen molar-refractivity contribution in [1.82, 2.24) is 24.7 Å². The van der Waals surface area contributed by atoms with Crippen molar-refractivity contribution >= 4 is 35.1 Å². The molecule has 0 fully saturated rings. The molecular formula is C22H26N6O2S2. The molecule has 3 rings (SSSR count). The molecule has 168 valence electrons. The smallest absolute Gasteiger partial charge is 0.234 e. The zero-order chi connectivity index (χ0) is 22.9. The van der Waals surface area contributed by atoms with E-state index in [-0.39, 0.29) is 11.7 Å². The second-order valence-corrected chi connectivity index (χ2v) is 8.67. The highest BCUT2D eigenvalue weighted by molar-refractivity contribution is 7.99. The maximum Gasteiger partial charge on any atom is 0.234 e. The molecule has 3 aromatic rings. The molecule has 1 N–H and O–H groups in total. The van der Waals surface area contributed by atoms with Crippen LogP contribution in [0.2, 0.25) is 0 Å². The number of nitrogens with zero attached hydrogens (tertiary/aromatic N) is 5. The van der Waals surface area contributed by atoms with Crippen molar-refractivity contribution in [2.24, 2.45) is 0 Å². The third-order valence-electron chi connectivity index (χ3n) is 4.19. The van der Waals surface area contributed by atoms with Gasteiger partial charge in [-0.3, -0.25) is 4.79 Å². The fourth-order valence-electron chi connectivity index (χ4n) is 2.90. The van der Waals surface area contributed by atoms with Crippen LogP contribution in [0.5, 0.6) is 5.75 Å². The van der Waals surface area contributed by atoms with Crippen LogP contribution < -0.4 is 10.1 Å². The van der Waals surface area contributed by atoms with Crippen molar-refractivity contribution in [3.8, 4) is 5.75 Å². The van der Waals surface area contributed by atoms with Crippen molar-refractivity contribution < 1.29 is 9.53 Å². The largest absolute Gasteiger partial charge is 0.492 e. The van der Waals surface area contributed by atoms with Gasteiger partial charge in [-0.15, -0.1) is 16.8 Å². The number of carbonyl (C=O) groups excluding carboxylic acids is 1. The lowest BCUT2D eigenvalue weighted by atomic mass is 10.3. The molecule has 0 aliphatic carbocycles. The van der Waals surface area contributed by atoms with E-state index in [1.807, 2.05) is 55.7 Å². The molecule has 0 spiro atoms. The molecule has 1 aromatic carbocycles. The minimum absolute atomic E-state index is 0.144. The molecule has 0 saturated heterocycles. The first-order valence-electron chi connectivity index (χ1n) is 10.1. The lowest BCUT2D eigenvalue weighted by molar-refractivity contribution is -0.113. The summed E-state index contributed by atoms with van der Waals surface area (Å²) < 4.78 is 7.51. The van der Waals surface area contributed by atoms with Gasteiger partial charge in [0.1, 0.15) is 11.6 Å². The Bertz CT molecular complexity index is 1070. The Labute approximate surface area is 196 Å². The number of allylic oxidation sites excluding steroid dienone is 1. The van der Waals surface area contributed by atoms with Crippen molar-refractivity contribution in [3.05, 3.63) is 60.2 Å². The van der Waals surface area contributed by atoms with Gasteiger partial charge in [-0.25, -0.2) is 9.97 Å². The molecule has 0 radical (unpaired) electrons. The van der Waals surface area contributed by atoms with Gasteiger partial charge in [-0.2, -0.15) is 0 Å². The highest BCUT2D eigenvalue weighted by Gasteiger charge is 2.15. The van der Waals surface area contributed by atoms with Gasteiger partial charge in [-0.05, 0) is 39.0 Å². The van der Waals surface area contributed by atoms with Crippen molar-refractivity contribution in [3.63, 3.8) is 0 Å². The molecular weight excluding hydrogens is 444 g/mol. The fourth-order valence-corrected chi connectivity index (χ4v) is 4.56. The summed E-state index contributed by atoms with van der Waals surface area (Å²) in [5.41, 5.74) is 2.51. The van der Waals surface area contributed by atoms with Crippen LogP contribution in [0.4, 0.5) is 5.69 Å². The minimum Gasteiger partial charge on any atom is -0.492 e. The molecule has 10 heteroatoms. The SMILES string of the molecule is C=CCn1c(CSc2nc(C)cc(C)n2)nnc1SCC(=O)Nc1ccccc1OCC. The number of ether oxygens (including phenoxy) is 1. The third-order valence-corrected chi connectivity index (χ3v) is 6.00. The van der Waals surface area contributed by atoms with Crippen molar-refractivity contribution in [2.45, 2.75) is 43.4 Å². The van der Waals surface area contributed by atoms with Crippen LogP contribution in [0.3, 0.4) is 0 Å². The van der Waals surface area contributed by atoms with Gasteiger partial charge in [0.2, 0.25) is 5.91 Å². The Morgan fingerprint density at radius 3 is 2.66 bits per heavy atom. The standard InChI is InChI=1S/C22H26N6O2S2/c1-5-11-28-19(13-31-21-23-15(3)12-16(4)24-21)26-27-22(28)32-14-20(29)25-17-9-7-8-10-18(17)30-6-2/h5,7-10,12H,1,6,11,13-14H2,2-4H3,(H,25,29). The van der Waals surface area contributed by atoms with Crippen LogP contribution in [0.1, 0.15) is 24.1 Å². The Morgan fingerprint density at radius 1 is 1.19 bits per heavy atom. The average molecular weight is 471 g/mol. The topological polar surface area (TPSA) is 94.8 Å². The van der Waals surface area contributed by atoms with Crippen LogP contribution in [-0.2, 0) is 17.1 Å². The van der Waals surface area contributed by atoms with E-state index in [4.69, 9.17) is 4.74 Å². The van der Waals surface area contributed by atoms with Crippen molar-refractivity contribution in [1.29, 1.82) is 0 Å². The molecule has 2 aromatic heterocycles. The Morgan fingerprint density at radius 2 is 1.94 bits per heavy atom. The molecule has 2 heterocycles. The summed E-state index contributed by atoms with van der Waals surface area (Å²) in [6.07, 6.45) is 1.79. The highest BCUT2D eigenvalue weighted by Crippen LogP contribution is 2.26. The molecule has 0 bridgehead atoms. The number of thioether (sulfide) groups is 2. The number of amides is 1. The number of hydrogen-bond donors (Lipinski definition) is 1. The number of para-hydroxylation sites is 2. The van der Waals surface area contributed by atoms with Crippen LogP contribution in [0.25, 0.3) is 0 Å². The molecule has 0 unspecified atom stereocenters. The lowest BCUT2D eigenvalue weighted by Crippen LogP contribution is -2.15. The number of rotatable bonds is 11. The van der Waals surface area contributed by atoms with Crippen LogP contribution >= 0.6 is 23.5 Å². The van der Waals surface area contributed by atoms with Gasteiger partial charge in [0.05, 0.1) is 23.8 Å². The molecule has 0 aliphatic heterocycles. The molecule has 1 amide bonds. The summed E-state index contributed by atoms with van der Waals surface area (Å²) in [6.45, 7) is 10.7. The first kappa shape index (κ1) is 23.8. The molecule has 0 saturated carbocycles. The zero-order valence-corrected chi connectivity index (χ0v) is 20.0. The van der Waals surface area contributed by atoms with Crippen LogP contribution in [0.15, 0.2) is 53.3 Å². The van der Waals surface area contributed by atoms with Gasteiger partial charge in [0, 0.05) is 17.9 Å². The van der Waals surface area contributed by atoms with E-state index < -0.39 is 0 Å². The Hall–Kier alpha value is -2.85. The van der Waals surface area contributed by atoms with E-state index in [1.165, 1.54) is 23.5 Å². The fraction of sp³-hybridized carbons (Fsp3) is 0.318. The molecule has 32 heavy (non-hydrogen) atoms. The number of benzene rings is 1. The predicted octanol–water partition coefficient (Wildman–Crippen LogP) is 4.29. The summed E-state index contributed by atoms with van der Waals surface area (Å²) in [7, 11) is 0. The number of anilines is 1. The Kier molecular flexibility index (Phi) is 8.69. The predicted molar refractivity (Wildman–Crippen MR) is 128 cm³/mol. The molecule has 8 nitrogen and oxygen atoms in total. The highest BCUT2D eigenvalue weighted by atomic mass is 32.2. The average Bonchev–Trinajstić information content (AvgIpc) is 3.13. The first-order chi connectivity index (χ1) is 15.5. The Balaban J connectivity index is 1.63. The van der Waals surface area contributed by atoms with Gasteiger partial charge >= 0.3 is 0 Å². The normalized spacial score (nSPS) is 10.7. The van der Waals surface area contributed by atoms with Gasteiger partial charge in [0.25, 0.3) is 0 Å². The van der Waals surface area contributed by atoms with E-state index in [0.29, 0.717) is 40.7 Å². The third kappa shape index (κ3) is 6.57. The number of aryl methyl sites for hydroxylation is 2. The second kappa shape index (κ2) is 11.7. The van der Waals surface area contributed by atoms with E-state index in [0.717, 1.165) is 17.2 Å². The number of hydrogen-bond acceptors (Lipinski definition) is 8. The lowest BCUT2D eigenvalue weighted by Gasteiger charge is -2.11. The zero-order valence-electron chi connectivity index (χ0n) is 18.4. The van der Waals surface area contributed by atoms with E-state index in [9.17, 15) is 4.79 Å². The van der Waals surface area contributed by atoms with Gasteiger partial charge in [-0.1, -0.05) is 41.7 Å². The summed E-state index contributed by atoms with van der Waals surface area (Å²) in [6, 6.07) is 9.32. The van der Waals surface area contributed by atoms with Gasteiger partial charge < -0.3 is 14.6 Å². The van der Waals surface area contributed by atoms with Crippen LogP contribution in [-0.4, -0.2) is 43.0 Å². The second-order valence-electron chi connectivity index (χ2n) is 6.79. The summed E-state index contributed by atoms with van der Waals surface area (Å²) in [4.78, 5) is 21.4. The maximum atomic E-state index is 12.5. The minimum atomic E-state index is -0.144. The van der Waals surface area contributed by atoms with Crippen molar-refractivity contribution in [2.75, 3.05) is 17.7 Å². The summed E-state index contributed by atoms with van der Waals surface area (Å²) in [5.74, 6) is 2.05. The van der Waals surface area contributed by atoms with Gasteiger partial charge in [0.15, 0.2) is 10.3 Å². The maximum absolute atomic E-state index is 12.5. The number of aromatic nitrogens is 5.